The summed E-state index contributed by atoms with van der Waals surface area (Å²) in [6.07, 6.45) is -3.36. The van der Waals surface area contributed by atoms with Crippen LogP contribution in [0.15, 0.2) is 94.2 Å². The smallest absolute Gasteiger partial charge is 0.377 e. The van der Waals surface area contributed by atoms with E-state index in [0.29, 0.717) is 38.7 Å². The van der Waals surface area contributed by atoms with Crippen molar-refractivity contribution in [2.24, 2.45) is 0 Å². The molecule has 0 saturated heterocycles. The van der Waals surface area contributed by atoms with E-state index < -0.39 is 12.0 Å². The number of rotatable bonds is 7. The number of alkyl halides is 3. The highest BCUT2D eigenvalue weighted by Gasteiger charge is 2.36. The van der Waals surface area contributed by atoms with Crippen molar-refractivity contribution in [3.8, 4) is 16.9 Å². The highest BCUT2D eigenvalue weighted by Crippen LogP contribution is 2.32. The molecule has 2 N–H and O–H groups in total. The van der Waals surface area contributed by atoms with Crippen LogP contribution in [-0.4, -0.2) is 24.9 Å². The standard InChI is InChI=1S/C27H18BrF3N8O2/c28-17-6-12-20(13-7-17)38-25-21(14-33-38)24(35-26(36-25)27(29,30)31)34-19-10-8-18(9-11-19)32-15-22-23(37-41-39(22)40)16-4-2-1-3-5-16/h1-14,32H,15H2,(H,34,35,36). The molecular weight excluding hydrogens is 605 g/mol. The number of hydrogen-bond donors (Lipinski definition) is 2. The van der Waals surface area contributed by atoms with Crippen LogP contribution < -0.4 is 15.5 Å². The van der Waals surface area contributed by atoms with Crippen LogP contribution in [0.3, 0.4) is 0 Å². The van der Waals surface area contributed by atoms with Crippen LogP contribution in [0.1, 0.15) is 11.5 Å². The van der Waals surface area contributed by atoms with Crippen LogP contribution in [-0.2, 0) is 12.7 Å². The fraction of sp³-hybridized carbons (Fsp3) is 0.0741. The fourth-order valence-corrected chi connectivity index (χ4v) is 4.39. The summed E-state index contributed by atoms with van der Waals surface area (Å²) in [5.41, 5.74) is 3.13. The summed E-state index contributed by atoms with van der Waals surface area (Å²) in [7, 11) is 0. The zero-order valence-electron chi connectivity index (χ0n) is 20.8. The number of nitrogens with one attached hydrogen (secondary N) is 2. The number of benzene rings is 3. The van der Waals surface area contributed by atoms with Crippen molar-refractivity contribution < 1.29 is 22.7 Å². The van der Waals surface area contributed by atoms with Crippen molar-refractivity contribution in [2.75, 3.05) is 10.6 Å². The van der Waals surface area contributed by atoms with Crippen LogP contribution in [0.5, 0.6) is 0 Å². The van der Waals surface area contributed by atoms with Gasteiger partial charge in [0.25, 0.3) is 5.69 Å². The van der Waals surface area contributed by atoms with E-state index in [1.165, 1.54) is 10.9 Å². The third-order valence-electron chi connectivity index (χ3n) is 6.11. The zero-order chi connectivity index (χ0) is 28.6. The first-order valence-corrected chi connectivity index (χ1v) is 12.9. The van der Waals surface area contributed by atoms with Crippen molar-refractivity contribution in [3.63, 3.8) is 0 Å². The van der Waals surface area contributed by atoms with Gasteiger partial charge in [0.15, 0.2) is 5.65 Å². The number of hydrogen-bond acceptors (Lipinski definition) is 8. The molecule has 206 valence electrons. The molecule has 0 aliphatic carbocycles. The minimum Gasteiger partial charge on any atom is -0.377 e. The Balaban J connectivity index is 1.25. The Labute approximate surface area is 238 Å². The molecule has 0 saturated carbocycles. The predicted octanol–water partition coefficient (Wildman–Crippen LogP) is 6.24. The number of nitrogens with zero attached hydrogens (tertiary/aromatic N) is 6. The molecule has 6 rings (SSSR count). The summed E-state index contributed by atoms with van der Waals surface area (Å²) in [5.74, 6) is -1.34. The van der Waals surface area contributed by atoms with E-state index in [0.717, 1.165) is 10.0 Å². The van der Waals surface area contributed by atoms with Gasteiger partial charge < -0.3 is 15.8 Å². The highest BCUT2D eigenvalue weighted by atomic mass is 79.9. The van der Waals surface area contributed by atoms with E-state index in [1.54, 1.807) is 48.5 Å². The molecule has 0 radical (unpaired) electrons. The Morgan fingerprint density at radius 2 is 1.63 bits per heavy atom. The molecule has 0 unspecified atom stereocenters. The molecule has 6 aromatic rings. The van der Waals surface area contributed by atoms with Gasteiger partial charge in [-0.25, -0.2) is 14.6 Å². The maximum Gasteiger partial charge on any atom is 0.451 e. The largest absolute Gasteiger partial charge is 0.451 e. The summed E-state index contributed by atoms with van der Waals surface area (Å²) in [4.78, 5) is 7.87. The highest BCUT2D eigenvalue weighted by molar-refractivity contribution is 9.10. The van der Waals surface area contributed by atoms with Gasteiger partial charge in [-0.05, 0) is 53.4 Å². The van der Waals surface area contributed by atoms with Crippen LogP contribution in [0.4, 0.5) is 30.4 Å². The second-order valence-electron chi connectivity index (χ2n) is 8.81. The molecule has 3 heterocycles. The topological polar surface area (TPSA) is 121 Å². The lowest BCUT2D eigenvalue weighted by atomic mass is 10.1. The van der Waals surface area contributed by atoms with E-state index >= 15 is 0 Å². The Hall–Kier alpha value is -4.98. The average Bonchev–Trinajstić information content (AvgIpc) is 3.57. The summed E-state index contributed by atoms with van der Waals surface area (Å²) >= 11 is 3.35. The number of halogens is 4. The van der Waals surface area contributed by atoms with Gasteiger partial charge in [-0.2, -0.15) is 18.3 Å². The Morgan fingerprint density at radius 1 is 0.927 bits per heavy atom. The zero-order valence-corrected chi connectivity index (χ0v) is 22.4. The summed E-state index contributed by atoms with van der Waals surface area (Å²) in [5, 5.41) is 26.7. The average molecular weight is 623 g/mol. The lowest BCUT2D eigenvalue weighted by Gasteiger charge is -2.12. The second kappa shape index (κ2) is 10.5. The first-order valence-electron chi connectivity index (χ1n) is 12.1. The summed E-state index contributed by atoms with van der Waals surface area (Å²) < 4.78 is 48.1. The van der Waals surface area contributed by atoms with Crippen molar-refractivity contribution in [1.29, 1.82) is 0 Å². The lowest BCUT2D eigenvalue weighted by molar-refractivity contribution is -0.807. The SMILES string of the molecule is [O-][n+]1onc(-c2ccccc2)c1CNc1ccc(Nc2nc(C(F)(F)F)nc3c2cnn3-c2ccc(Br)cc2)cc1. The Bertz CT molecular complexity index is 1820. The number of fused-ring (bicyclic) bond motifs is 1. The summed E-state index contributed by atoms with van der Waals surface area (Å²) in [6, 6.07) is 22.8. The third kappa shape index (κ3) is 5.41. The molecule has 0 fully saturated rings. The van der Waals surface area contributed by atoms with E-state index in [2.05, 4.69) is 46.8 Å². The van der Waals surface area contributed by atoms with Gasteiger partial charge >= 0.3 is 6.18 Å². The molecular formula is C27H18BrF3N8O2. The van der Waals surface area contributed by atoms with Gasteiger partial charge in [-0.3, -0.25) is 4.63 Å². The van der Waals surface area contributed by atoms with E-state index in [4.69, 9.17) is 4.63 Å². The minimum atomic E-state index is -4.77. The molecule has 10 nitrogen and oxygen atoms in total. The van der Waals surface area contributed by atoms with E-state index in [-0.39, 0.29) is 18.0 Å². The maximum absolute atomic E-state index is 13.7. The molecule has 0 spiro atoms. The molecule has 0 atom stereocenters. The lowest BCUT2D eigenvalue weighted by Crippen LogP contribution is -2.29. The molecule has 0 bridgehead atoms. The molecule has 0 aliphatic heterocycles. The van der Waals surface area contributed by atoms with Gasteiger partial charge in [0.2, 0.25) is 11.5 Å². The first kappa shape index (κ1) is 26.3. The molecule has 0 aliphatic rings. The fourth-order valence-electron chi connectivity index (χ4n) is 4.13. The van der Waals surface area contributed by atoms with Crippen LogP contribution >= 0.6 is 15.9 Å². The molecule has 14 heteroatoms. The van der Waals surface area contributed by atoms with Crippen LogP contribution in [0.2, 0.25) is 0 Å². The van der Waals surface area contributed by atoms with Gasteiger partial charge in [-0.15, -0.1) is 0 Å². The van der Waals surface area contributed by atoms with Gasteiger partial charge in [0.05, 0.1) is 23.8 Å². The molecule has 0 amide bonds. The second-order valence-corrected chi connectivity index (χ2v) is 9.73. The first-order chi connectivity index (χ1) is 19.8. The normalized spacial score (nSPS) is 11.6. The van der Waals surface area contributed by atoms with Gasteiger partial charge in [0, 0.05) is 26.6 Å². The number of aromatic nitrogens is 6. The van der Waals surface area contributed by atoms with Crippen LogP contribution in [0.25, 0.3) is 28.0 Å². The molecule has 3 aromatic carbocycles. The Morgan fingerprint density at radius 3 is 2.34 bits per heavy atom. The van der Waals surface area contributed by atoms with Gasteiger partial charge in [0.1, 0.15) is 5.82 Å². The number of anilines is 3. The summed E-state index contributed by atoms with van der Waals surface area (Å²) in [6.45, 7) is 0.126. The van der Waals surface area contributed by atoms with Crippen molar-refractivity contribution in [2.45, 2.75) is 12.7 Å². The predicted molar refractivity (Wildman–Crippen MR) is 147 cm³/mol. The van der Waals surface area contributed by atoms with Crippen molar-refractivity contribution in [1.82, 2.24) is 24.9 Å². The van der Waals surface area contributed by atoms with Crippen molar-refractivity contribution in [3.05, 3.63) is 106 Å². The third-order valence-corrected chi connectivity index (χ3v) is 6.64. The van der Waals surface area contributed by atoms with E-state index in [1.807, 2.05) is 30.3 Å². The minimum absolute atomic E-state index is 0.00398. The maximum atomic E-state index is 13.7. The monoisotopic (exact) mass is 622 g/mol. The van der Waals surface area contributed by atoms with Crippen LogP contribution in [0, 0.1) is 5.21 Å². The van der Waals surface area contributed by atoms with Crippen molar-refractivity contribution >= 4 is 44.2 Å². The Kier molecular flexibility index (Phi) is 6.75. The van der Waals surface area contributed by atoms with Gasteiger partial charge in [-0.1, -0.05) is 46.3 Å². The van der Waals surface area contributed by atoms with E-state index in [9.17, 15) is 18.4 Å². The quantitative estimate of drug-likeness (QED) is 0.201. The molecule has 3 aromatic heterocycles. The molecule has 41 heavy (non-hydrogen) atoms.